The van der Waals surface area contributed by atoms with E-state index in [-0.39, 0.29) is 30.8 Å². The minimum absolute atomic E-state index is 0.0244. The second-order valence-corrected chi connectivity index (χ2v) is 5.77. The maximum Gasteiger partial charge on any atom is 0.227 e. The summed E-state index contributed by atoms with van der Waals surface area (Å²) in [6, 6.07) is 13.8. The molecule has 0 radical (unpaired) electrons. The van der Waals surface area contributed by atoms with Gasteiger partial charge < -0.3 is 15.3 Å². The Labute approximate surface area is 134 Å². The molecular formula is C18H20N2O3. The summed E-state index contributed by atoms with van der Waals surface area (Å²) >= 11 is 0. The average molecular weight is 312 g/mol. The molecule has 2 aromatic carbocycles. The SMILES string of the molecule is O=C(NCCCO)C1CC(=O)N(c2cccc3ccccc23)C1. The van der Waals surface area contributed by atoms with Crippen molar-refractivity contribution in [2.75, 3.05) is 24.6 Å². The molecule has 2 N–H and O–H groups in total. The molecule has 2 amide bonds. The Morgan fingerprint density at radius 3 is 2.83 bits per heavy atom. The quantitative estimate of drug-likeness (QED) is 0.826. The topological polar surface area (TPSA) is 69.6 Å². The van der Waals surface area contributed by atoms with E-state index in [2.05, 4.69) is 5.32 Å². The Balaban J connectivity index is 1.78. The number of nitrogens with one attached hydrogen (secondary N) is 1. The van der Waals surface area contributed by atoms with Crippen LogP contribution in [0.4, 0.5) is 5.69 Å². The van der Waals surface area contributed by atoms with Gasteiger partial charge in [0.25, 0.3) is 0 Å². The van der Waals surface area contributed by atoms with Gasteiger partial charge in [-0.1, -0.05) is 36.4 Å². The third-order valence-electron chi connectivity index (χ3n) is 4.19. The summed E-state index contributed by atoms with van der Waals surface area (Å²) in [5.41, 5.74) is 0.860. The Hall–Kier alpha value is -2.40. The largest absolute Gasteiger partial charge is 0.396 e. The molecule has 1 aliphatic rings. The zero-order chi connectivity index (χ0) is 16.2. The van der Waals surface area contributed by atoms with Gasteiger partial charge in [0.05, 0.1) is 11.6 Å². The molecule has 5 nitrogen and oxygen atoms in total. The molecular weight excluding hydrogens is 292 g/mol. The molecule has 0 saturated carbocycles. The lowest BCUT2D eigenvalue weighted by molar-refractivity contribution is -0.126. The van der Waals surface area contributed by atoms with Crippen molar-refractivity contribution in [2.45, 2.75) is 12.8 Å². The highest BCUT2D eigenvalue weighted by atomic mass is 16.3. The lowest BCUT2D eigenvalue weighted by Crippen LogP contribution is -2.33. The highest BCUT2D eigenvalue weighted by molar-refractivity contribution is 6.06. The molecule has 0 spiro atoms. The molecule has 1 atom stereocenters. The van der Waals surface area contributed by atoms with Crippen molar-refractivity contribution in [1.29, 1.82) is 0 Å². The molecule has 2 aromatic rings. The summed E-state index contributed by atoms with van der Waals surface area (Å²) in [5.74, 6) is -0.474. The van der Waals surface area contributed by atoms with Crippen molar-refractivity contribution in [3.8, 4) is 0 Å². The third kappa shape index (κ3) is 3.19. The van der Waals surface area contributed by atoms with E-state index in [1.807, 2.05) is 42.5 Å². The monoisotopic (exact) mass is 312 g/mol. The number of carbonyl (C=O) groups excluding carboxylic acids is 2. The van der Waals surface area contributed by atoms with E-state index in [0.717, 1.165) is 16.5 Å². The number of hydrogen-bond acceptors (Lipinski definition) is 3. The van der Waals surface area contributed by atoms with Crippen LogP contribution in [0.2, 0.25) is 0 Å². The molecule has 1 heterocycles. The Kier molecular flexibility index (Phi) is 4.57. The first-order valence-electron chi connectivity index (χ1n) is 7.87. The van der Waals surface area contributed by atoms with Crippen LogP contribution in [0, 0.1) is 5.92 Å². The first-order valence-corrected chi connectivity index (χ1v) is 7.87. The molecule has 1 unspecified atom stereocenters. The van der Waals surface area contributed by atoms with Gasteiger partial charge in [-0.05, 0) is 17.9 Å². The summed E-state index contributed by atoms with van der Waals surface area (Å²) in [6.45, 7) is 0.887. The second-order valence-electron chi connectivity index (χ2n) is 5.77. The fourth-order valence-corrected chi connectivity index (χ4v) is 2.99. The summed E-state index contributed by atoms with van der Waals surface area (Å²) < 4.78 is 0. The Morgan fingerprint density at radius 1 is 1.22 bits per heavy atom. The van der Waals surface area contributed by atoms with E-state index in [1.54, 1.807) is 4.90 Å². The minimum Gasteiger partial charge on any atom is -0.396 e. The normalized spacial score (nSPS) is 17.7. The first kappa shape index (κ1) is 15.5. The maximum atomic E-state index is 12.4. The van der Waals surface area contributed by atoms with Gasteiger partial charge in [-0.2, -0.15) is 0 Å². The standard InChI is InChI=1S/C18H20N2O3/c21-10-4-9-19-18(23)14-11-17(22)20(12-14)16-8-3-6-13-5-1-2-7-15(13)16/h1-3,5-8,14,21H,4,9-12H2,(H,19,23). The fraction of sp³-hybridized carbons (Fsp3) is 0.333. The van der Waals surface area contributed by atoms with Crippen LogP contribution in [0.5, 0.6) is 0 Å². The molecule has 0 aliphatic carbocycles. The number of aliphatic hydroxyl groups excluding tert-OH is 1. The minimum atomic E-state index is -0.333. The summed E-state index contributed by atoms with van der Waals surface area (Å²) in [4.78, 5) is 26.2. The van der Waals surface area contributed by atoms with Gasteiger partial charge in [0.2, 0.25) is 11.8 Å². The number of hydrogen-bond donors (Lipinski definition) is 2. The molecule has 0 bridgehead atoms. The number of carbonyl (C=O) groups is 2. The molecule has 1 saturated heterocycles. The van der Waals surface area contributed by atoms with Crippen molar-refractivity contribution in [3.05, 3.63) is 42.5 Å². The highest BCUT2D eigenvalue weighted by Crippen LogP contribution is 2.31. The van der Waals surface area contributed by atoms with E-state index >= 15 is 0 Å². The van der Waals surface area contributed by atoms with Crippen LogP contribution in [0.15, 0.2) is 42.5 Å². The predicted molar refractivity (Wildman–Crippen MR) is 89.1 cm³/mol. The van der Waals surface area contributed by atoms with E-state index < -0.39 is 0 Å². The predicted octanol–water partition coefficient (Wildman–Crippen LogP) is 1.69. The van der Waals surface area contributed by atoms with Gasteiger partial charge in [-0.25, -0.2) is 0 Å². The number of aliphatic hydroxyl groups is 1. The van der Waals surface area contributed by atoms with Crippen molar-refractivity contribution in [3.63, 3.8) is 0 Å². The van der Waals surface area contributed by atoms with Crippen LogP contribution < -0.4 is 10.2 Å². The Bertz CT molecular complexity index is 724. The number of amides is 2. The fourth-order valence-electron chi connectivity index (χ4n) is 2.99. The van der Waals surface area contributed by atoms with Crippen molar-refractivity contribution >= 4 is 28.3 Å². The van der Waals surface area contributed by atoms with E-state index in [1.165, 1.54) is 0 Å². The van der Waals surface area contributed by atoms with E-state index in [9.17, 15) is 9.59 Å². The van der Waals surface area contributed by atoms with Gasteiger partial charge in [0, 0.05) is 31.5 Å². The molecule has 23 heavy (non-hydrogen) atoms. The number of fused-ring (bicyclic) bond motifs is 1. The lowest BCUT2D eigenvalue weighted by Gasteiger charge is -2.19. The summed E-state index contributed by atoms with van der Waals surface area (Å²) in [6.07, 6.45) is 0.758. The van der Waals surface area contributed by atoms with Crippen molar-refractivity contribution in [1.82, 2.24) is 5.32 Å². The summed E-state index contributed by atoms with van der Waals surface area (Å²) in [7, 11) is 0. The maximum absolute atomic E-state index is 12.4. The Morgan fingerprint density at radius 2 is 2.00 bits per heavy atom. The van der Waals surface area contributed by atoms with Crippen LogP contribution in [0.3, 0.4) is 0 Å². The van der Waals surface area contributed by atoms with Crippen molar-refractivity contribution in [2.24, 2.45) is 5.92 Å². The highest BCUT2D eigenvalue weighted by Gasteiger charge is 2.35. The molecule has 1 fully saturated rings. The molecule has 5 heteroatoms. The second kappa shape index (κ2) is 6.79. The summed E-state index contributed by atoms with van der Waals surface area (Å²) in [5, 5.41) is 13.6. The zero-order valence-electron chi connectivity index (χ0n) is 12.9. The number of anilines is 1. The molecule has 1 aliphatic heterocycles. The number of rotatable bonds is 5. The van der Waals surface area contributed by atoms with Crippen LogP contribution in [-0.2, 0) is 9.59 Å². The van der Waals surface area contributed by atoms with E-state index in [4.69, 9.17) is 5.11 Å². The third-order valence-corrected chi connectivity index (χ3v) is 4.19. The van der Waals surface area contributed by atoms with Crippen LogP contribution in [-0.4, -0.2) is 36.6 Å². The molecule has 120 valence electrons. The van der Waals surface area contributed by atoms with Gasteiger partial charge in [0.15, 0.2) is 0 Å². The van der Waals surface area contributed by atoms with Gasteiger partial charge >= 0.3 is 0 Å². The number of nitrogens with zero attached hydrogens (tertiary/aromatic N) is 1. The van der Waals surface area contributed by atoms with Gasteiger partial charge in [0.1, 0.15) is 0 Å². The van der Waals surface area contributed by atoms with Gasteiger partial charge in [-0.15, -0.1) is 0 Å². The van der Waals surface area contributed by atoms with Crippen LogP contribution >= 0.6 is 0 Å². The number of benzene rings is 2. The smallest absolute Gasteiger partial charge is 0.227 e. The van der Waals surface area contributed by atoms with Gasteiger partial charge in [-0.3, -0.25) is 9.59 Å². The van der Waals surface area contributed by atoms with Crippen molar-refractivity contribution < 1.29 is 14.7 Å². The molecule has 3 rings (SSSR count). The first-order chi connectivity index (χ1) is 11.2. The average Bonchev–Trinajstić information content (AvgIpc) is 2.96. The lowest BCUT2D eigenvalue weighted by atomic mass is 10.1. The van der Waals surface area contributed by atoms with Crippen LogP contribution in [0.1, 0.15) is 12.8 Å². The van der Waals surface area contributed by atoms with E-state index in [0.29, 0.717) is 19.5 Å². The zero-order valence-corrected chi connectivity index (χ0v) is 12.9. The molecule has 0 aromatic heterocycles. The van der Waals surface area contributed by atoms with Crippen LogP contribution in [0.25, 0.3) is 10.8 Å².